The van der Waals surface area contributed by atoms with Crippen LogP contribution < -0.4 is 5.32 Å². The van der Waals surface area contributed by atoms with E-state index in [1.807, 2.05) is 42.5 Å². The second-order valence-corrected chi connectivity index (χ2v) is 12.8. The average Bonchev–Trinajstić information content (AvgIpc) is 3.09. The summed E-state index contributed by atoms with van der Waals surface area (Å²) in [5, 5.41) is 4.49. The Bertz CT molecular complexity index is 1730. The Kier molecular flexibility index (Phi) is 15.0. The normalized spacial score (nSPS) is 27.5. The third kappa shape index (κ3) is 12.2. The van der Waals surface area contributed by atoms with Gasteiger partial charge in [-0.25, -0.2) is 0 Å². The van der Waals surface area contributed by atoms with Gasteiger partial charge in [-0.1, -0.05) is 36.4 Å². The van der Waals surface area contributed by atoms with Gasteiger partial charge in [0.05, 0.1) is 6.61 Å². The zero-order chi connectivity index (χ0) is 40.4. The van der Waals surface area contributed by atoms with Crippen LogP contribution in [0.4, 0.5) is 0 Å². The number of hydrogen-bond acceptors (Lipinski definition) is 17. The molecule has 0 saturated carbocycles. The maximum Gasteiger partial charge on any atom is 0.303 e. The van der Waals surface area contributed by atoms with Crippen LogP contribution in [0, 0.1) is 0 Å². The number of fused-ring (bicyclic) bond motifs is 1. The lowest BCUT2D eigenvalue weighted by atomic mass is 9.94. The number of amides is 1. The number of benzene rings is 2. The topological polar surface area (TPSA) is 224 Å². The standard InChI is InChI=1S/C37H45NO17/c1-18(39)38-30-33(51-23(6)44)31(49-21(4)42)28(16-46-19(2)40)53-36(30)55-34-32(50-22(5)43)29(17-47-20(3)41)54-37(35(34)52-24(7)45)48-15-25-12-13-26-10-8-9-11-27(26)14-25/h8-14,28-37H,15-17H2,1-7H3,(H,38,39)/t28?,29?,30?,31-,32-,33+,34-,35?,36-,37+/m0/s1. The molecule has 2 aromatic rings. The monoisotopic (exact) mass is 775 g/mol. The molecule has 2 fully saturated rings. The zero-order valence-corrected chi connectivity index (χ0v) is 31.4. The first-order valence-corrected chi connectivity index (χ1v) is 17.3. The third-order valence-electron chi connectivity index (χ3n) is 8.24. The molecule has 0 aliphatic carbocycles. The number of esters is 6. The van der Waals surface area contributed by atoms with Crippen molar-refractivity contribution in [2.24, 2.45) is 0 Å². The molecule has 0 bridgehead atoms. The lowest BCUT2D eigenvalue weighted by Crippen LogP contribution is -2.69. The second kappa shape index (κ2) is 19.4. The van der Waals surface area contributed by atoms with Crippen molar-refractivity contribution in [3.05, 3.63) is 48.0 Å². The fourth-order valence-electron chi connectivity index (χ4n) is 6.22. The maximum absolute atomic E-state index is 12.7. The van der Waals surface area contributed by atoms with E-state index in [4.69, 9.17) is 47.4 Å². The summed E-state index contributed by atoms with van der Waals surface area (Å²) < 4.78 is 57.9. The van der Waals surface area contributed by atoms with Crippen LogP contribution in [0.1, 0.15) is 54.0 Å². The molecule has 1 amide bonds. The number of ether oxygens (including phenoxy) is 10. The zero-order valence-electron chi connectivity index (χ0n) is 31.4. The molecule has 4 unspecified atom stereocenters. The molecule has 18 nitrogen and oxygen atoms in total. The lowest BCUT2D eigenvalue weighted by molar-refractivity contribution is -0.351. The van der Waals surface area contributed by atoms with Crippen LogP contribution in [0.15, 0.2) is 42.5 Å². The Hall–Kier alpha value is -5.17. The average molecular weight is 776 g/mol. The predicted molar refractivity (Wildman–Crippen MR) is 184 cm³/mol. The van der Waals surface area contributed by atoms with Gasteiger partial charge in [0.1, 0.15) is 37.6 Å². The fourth-order valence-corrected chi connectivity index (χ4v) is 6.22. The Balaban J connectivity index is 1.81. The van der Waals surface area contributed by atoms with Crippen molar-refractivity contribution in [2.45, 2.75) is 116 Å². The first-order chi connectivity index (χ1) is 26.0. The summed E-state index contributed by atoms with van der Waals surface area (Å²) in [5.41, 5.74) is 0.704. The highest BCUT2D eigenvalue weighted by molar-refractivity contribution is 5.83. The molecule has 2 saturated heterocycles. The van der Waals surface area contributed by atoms with Gasteiger partial charge >= 0.3 is 35.8 Å². The summed E-state index contributed by atoms with van der Waals surface area (Å²) in [7, 11) is 0. The van der Waals surface area contributed by atoms with E-state index in [1.54, 1.807) is 0 Å². The highest BCUT2D eigenvalue weighted by Crippen LogP contribution is 2.35. The first-order valence-electron chi connectivity index (χ1n) is 17.3. The van der Waals surface area contributed by atoms with Crippen LogP contribution in [0.3, 0.4) is 0 Å². The van der Waals surface area contributed by atoms with Gasteiger partial charge in [-0.3, -0.25) is 33.6 Å². The van der Waals surface area contributed by atoms with Gasteiger partial charge in [0.15, 0.2) is 37.0 Å². The molecule has 0 aromatic heterocycles. The molecule has 18 heteroatoms. The Morgan fingerprint density at radius 1 is 0.564 bits per heavy atom. The molecule has 55 heavy (non-hydrogen) atoms. The van der Waals surface area contributed by atoms with Crippen molar-refractivity contribution in [1.29, 1.82) is 0 Å². The Morgan fingerprint density at radius 3 is 1.58 bits per heavy atom. The molecule has 0 radical (unpaired) electrons. The van der Waals surface area contributed by atoms with E-state index in [-0.39, 0.29) is 6.61 Å². The number of carbonyl (C=O) groups excluding carboxylic acids is 7. The number of hydrogen-bond donors (Lipinski definition) is 1. The van der Waals surface area contributed by atoms with E-state index in [2.05, 4.69) is 5.32 Å². The van der Waals surface area contributed by atoms with Crippen molar-refractivity contribution in [3.63, 3.8) is 0 Å². The van der Waals surface area contributed by atoms with Crippen molar-refractivity contribution >= 4 is 52.5 Å². The Morgan fingerprint density at radius 2 is 1.05 bits per heavy atom. The van der Waals surface area contributed by atoms with Crippen molar-refractivity contribution in [1.82, 2.24) is 5.32 Å². The molecule has 2 heterocycles. The van der Waals surface area contributed by atoms with Gasteiger partial charge in [-0.15, -0.1) is 0 Å². The molecular weight excluding hydrogens is 730 g/mol. The lowest BCUT2D eigenvalue weighted by Gasteiger charge is -2.49. The van der Waals surface area contributed by atoms with Crippen molar-refractivity contribution in [3.8, 4) is 0 Å². The number of nitrogens with one attached hydrogen (secondary N) is 1. The molecule has 10 atom stereocenters. The van der Waals surface area contributed by atoms with Gasteiger partial charge in [0.25, 0.3) is 0 Å². The molecule has 0 spiro atoms. The molecule has 1 N–H and O–H groups in total. The number of carbonyl (C=O) groups is 7. The van der Waals surface area contributed by atoms with E-state index >= 15 is 0 Å². The van der Waals surface area contributed by atoms with Crippen LogP contribution in [-0.2, 0) is 87.5 Å². The molecular formula is C37H45NO17. The van der Waals surface area contributed by atoms with E-state index in [1.165, 1.54) is 0 Å². The summed E-state index contributed by atoms with van der Waals surface area (Å²) in [4.78, 5) is 86.3. The number of rotatable bonds is 14. The second-order valence-electron chi connectivity index (χ2n) is 12.8. The van der Waals surface area contributed by atoms with Crippen LogP contribution in [0.5, 0.6) is 0 Å². The quantitative estimate of drug-likeness (QED) is 0.212. The SMILES string of the molecule is CC(=O)NC1[C@H](O[C@@H]2C(OC(C)=O)[C@H](OCc3ccc4ccccc4c3)OC(COC(C)=O)[C@@H]2OC(C)=O)OC(COC(C)=O)[C@H](OC(C)=O)[C@@H]1OC(C)=O. The van der Waals surface area contributed by atoms with E-state index in [0.717, 1.165) is 59.2 Å². The molecule has 2 aromatic carbocycles. The van der Waals surface area contributed by atoms with Gasteiger partial charge in [-0.05, 0) is 22.4 Å². The van der Waals surface area contributed by atoms with Crippen LogP contribution in [0.25, 0.3) is 10.8 Å². The van der Waals surface area contributed by atoms with Gasteiger partial charge in [0.2, 0.25) is 5.91 Å². The summed E-state index contributed by atoms with van der Waals surface area (Å²) in [6.45, 7) is 6.66. The maximum atomic E-state index is 12.7. The summed E-state index contributed by atoms with van der Waals surface area (Å²) in [5.74, 6) is -5.44. The minimum Gasteiger partial charge on any atom is -0.463 e. The van der Waals surface area contributed by atoms with E-state index in [0.29, 0.717) is 5.56 Å². The van der Waals surface area contributed by atoms with Crippen molar-refractivity contribution < 1.29 is 80.9 Å². The first kappa shape index (κ1) is 42.6. The van der Waals surface area contributed by atoms with Gasteiger partial charge in [0, 0.05) is 48.5 Å². The molecule has 2 aliphatic heterocycles. The van der Waals surface area contributed by atoms with Crippen LogP contribution in [-0.4, -0.2) is 116 Å². The van der Waals surface area contributed by atoms with Crippen molar-refractivity contribution in [2.75, 3.05) is 13.2 Å². The minimum absolute atomic E-state index is 0.0873. The Labute approximate surface area is 316 Å². The van der Waals surface area contributed by atoms with Crippen LogP contribution >= 0.6 is 0 Å². The van der Waals surface area contributed by atoms with Gasteiger partial charge in [-0.2, -0.15) is 0 Å². The van der Waals surface area contributed by atoms with Crippen LogP contribution in [0.2, 0.25) is 0 Å². The van der Waals surface area contributed by atoms with E-state index in [9.17, 15) is 33.6 Å². The fraction of sp³-hybridized carbons (Fsp3) is 0.541. The largest absolute Gasteiger partial charge is 0.463 e. The molecule has 2 aliphatic rings. The summed E-state index contributed by atoms with van der Waals surface area (Å²) in [6.07, 6.45) is -13.4. The summed E-state index contributed by atoms with van der Waals surface area (Å²) in [6, 6.07) is 11.8. The van der Waals surface area contributed by atoms with Gasteiger partial charge < -0.3 is 52.7 Å². The highest BCUT2D eigenvalue weighted by atomic mass is 16.8. The minimum atomic E-state index is -1.70. The van der Waals surface area contributed by atoms with E-state index < -0.39 is 116 Å². The summed E-state index contributed by atoms with van der Waals surface area (Å²) >= 11 is 0. The molecule has 300 valence electrons. The third-order valence-corrected chi connectivity index (χ3v) is 8.24. The molecule has 4 rings (SSSR count). The highest BCUT2D eigenvalue weighted by Gasteiger charge is 2.57. The predicted octanol–water partition coefficient (Wildman–Crippen LogP) is 1.55. The smallest absolute Gasteiger partial charge is 0.303 e.